The molecule has 1 aliphatic rings. The lowest BCUT2D eigenvalue weighted by Crippen LogP contribution is -2.60. The topological polar surface area (TPSA) is 166 Å². The van der Waals surface area contributed by atoms with Gasteiger partial charge in [-0.25, -0.2) is 0 Å². The Morgan fingerprint density at radius 1 is 0.969 bits per heavy atom. The molecule has 0 unspecified atom stereocenters. The van der Waals surface area contributed by atoms with Crippen molar-refractivity contribution in [2.45, 2.75) is 37.1 Å². The number of amides is 1. The highest BCUT2D eigenvalue weighted by Crippen LogP contribution is 2.33. The van der Waals surface area contributed by atoms with E-state index in [1.165, 1.54) is 0 Å². The number of carboxylic acids is 1. The lowest BCUT2D eigenvalue weighted by atomic mass is 9.99. The van der Waals surface area contributed by atoms with Gasteiger partial charge in [0, 0.05) is 17.7 Å². The van der Waals surface area contributed by atoms with Crippen LogP contribution in [0.2, 0.25) is 0 Å². The van der Waals surface area contributed by atoms with Gasteiger partial charge in [0.05, 0.1) is 13.0 Å². The van der Waals surface area contributed by atoms with Crippen LogP contribution in [0, 0.1) is 0 Å². The Morgan fingerprint density at radius 2 is 1.66 bits per heavy atom. The summed E-state index contributed by atoms with van der Waals surface area (Å²) >= 11 is 0. The van der Waals surface area contributed by atoms with Crippen molar-refractivity contribution in [3.8, 4) is 16.9 Å². The summed E-state index contributed by atoms with van der Waals surface area (Å²) in [7, 11) is 0. The third-order valence-electron chi connectivity index (χ3n) is 5.06. The van der Waals surface area contributed by atoms with Gasteiger partial charge in [0.2, 0.25) is 6.29 Å². The molecule has 2 aromatic carbocycles. The number of aliphatic hydroxyl groups is 4. The van der Waals surface area contributed by atoms with Gasteiger partial charge in [-0.1, -0.05) is 30.3 Å². The summed E-state index contributed by atoms with van der Waals surface area (Å²) in [5, 5.41) is 50.6. The molecule has 10 heteroatoms. The normalized spacial score (nSPS) is 25.2. The number of para-hydroxylation sites is 1. The highest BCUT2D eigenvalue weighted by molar-refractivity contribution is 5.95. The Bertz CT molecular complexity index is 931. The Balaban J connectivity index is 1.75. The van der Waals surface area contributed by atoms with Crippen LogP contribution in [0.4, 0.5) is 0 Å². The molecule has 1 saturated heterocycles. The van der Waals surface area contributed by atoms with E-state index in [0.717, 1.165) is 0 Å². The summed E-state index contributed by atoms with van der Waals surface area (Å²) in [6, 6.07) is 13.4. The number of hydrogen-bond donors (Lipinski definition) is 6. The maximum atomic E-state index is 12.1. The van der Waals surface area contributed by atoms with Gasteiger partial charge in [-0.05, 0) is 23.8 Å². The average Bonchev–Trinajstić information content (AvgIpc) is 2.79. The van der Waals surface area contributed by atoms with E-state index < -0.39 is 49.2 Å². The van der Waals surface area contributed by atoms with Crippen molar-refractivity contribution >= 4 is 11.9 Å². The molecule has 6 N–H and O–H groups in total. The molecule has 2 aromatic rings. The van der Waals surface area contributed by atoms with Crippen LogP contribution in [0.15, 0.2) is 48.5 Å². The van der Waals surface area contributed by atoms with E-state index in [4.69, 9.17) is 14.6 Å². The van der Waals surface area contributed by atoms with E-state index in [-0.39, 0.29) is 13.0 Å². The van der Waals surface area contributed by atoms with Crippen LogP contribution < -0.4 is 10.1 Å². The highest BCUT2D eigenvalue weighted by atomic mass is 16.7. The predicted octanol–water partition coefficient (Wildman–Crippen LogP) is -0.263. The lowest BCUT2D eigenvalue weighted by molar-refractivity contribution is -0.277. The second-order valence-corrected chi connectivity index (χ2v) is 7.29. The number of carbonyl (C=O) groups is 2. The van der Waals surface area contributed by atoms with E-state index in [1.807, 2.05) is 0 Å². The number of hydrogen-bond acceptors (Lipinski definition) is 8. The number of aliphatic hydroxyl groups excluding tert-OH is 4. The molecule has 1 fully saturated rings. The molecule has 10 nitrogen and oxygen atoms in total. The molecule has 5 atom stereocenters. The highest BCUT2D eigenvalue weighted by Gasteiger charge is 2.44. The van der Waals surface area contributed by atoms with Gasteiger partial charge in [-0.3, -0.25) is 9.59 Å². The number of nitrogens with one attached hydrogen (secondary N) is 1. The summed E-state index contributed by atoms with van der Waals surface area (Å²) in [5.41, 5.74) is 1.65. The van der Waals surface area contributed by atoms with E-state index in [1.54, 1.807) is 48.5 Å². The van der Waals surface area contributed by atoms with Crippen molar-refractivity contribution < 1.29 is 44.6 Å². The maximum absolute atomic E-state index is 12.1. The molecule has 0 saturated carbocycles. The van der Waals surface area contributed by atoms with Crippen molar-refractivity contribution in [2.24, 2.45) is 0 Å². The molecule has 32 heavy (non-hydrogen) atoms. The zero-order chi connectivity index (χ0) is 23.3. The van der Waals surface area contributed by atoms with Crippen molar-refractivity contribution in [3.05, 3.63) is 54.1 Å². The minimum Gasteiger partial charge on any atom is -0.481 e. The van der Waals surface area contributed by atoms with Crippen LogP contribution in [0.1, 0.15) is 16.8 Å². The van der Waals surface area contributed by atoms with Crippen molar-refractivity contribution in [2.75, 3.05) is 13.2 Å². The second kappa shape index (κ2) is 10.5. The summed E-state index contributed by atoms with van der Waals surface area (Å²) in [4.78, 5) is 22.7. The summed E-state index contributed by atoms with van der Waals surface area (Å²) in [6.07, 6.45) is -7.18. The molecule has 1 aliphatic heterocycles. The molecular weight excluding hydrogens is 422 g/mol. The molecule has 172 valence electrons. The predicted molar refractivity (Wildman–Crippen MR) is 111 cm³/mol. The van der Waals surface area contributed by atoms with Crippen LogP contribution in [0.5, 0.6) is 5.75 Å². The number of rotatable bonds is 8. The third-order valence-corrected chi connectivity index (χ3v) is 5.06. The van der Waals surface area contributed by atoms with Gasteiger partial charge in [-0.2, -0.15) is 0 Å². The first kappa shape index (κ1) is 23.6. The quantitative estimate of drug-likeness (QED) is 0.320. The summed E-state index contributed by atoms with van der Waals surface area (Å²) in [5.74, 6) is -1.09. The number of benzene rings is 2. The maximum Gasteiger partial charge on any atom is 0.305 e. The zero-order valence-corrected chi connectivity index (χ0v) is 17.0. The SMILES string of the molecule is O=C(O)CCNC(=O)c1ccc(-c2ccccc2O[C@H]2O[C@H](CO)[C@@H](O)[C@H](O)[C@@H]2O)cc1. The minimum atomic E-state index is -1.56. The molecule has 0 radical (unpaired) electrons. The number of carbonyl (C=O) groups excluding carboxylic acids is 1. The Hall–Kier alpha value is -3.02. The molecule has 0 spiro atoms. The standard InChI is InChI=1S/C22H25NO9/c24-11-16-18(27)19(28)20(29)22(32-16)31-15-4-2-1-3-14(15)12-5-7-13(8-6-12)21(30)23-10-9-17(25)26/h1-8,16,18-20,22,24,27-29H,9-11H2,(H,23,30)(H,25,26)/t16-,18-,19+,20+,22+/m1/s1. The summed E-state index contributed by atoms with van der Waals surface area (Å²) in [6.45, 7) is -0.547. The van der Waals surface area contributed by atoms with E-state index in [2.05, 4.69) is 5.32 Å². The van der Waals surface area contributed by atoms with E-state index in [9.17, 15) is 30.0 Å². The van der Waals surface area contributed by atoms with Gasteiger partial charge >= 0.3 is 5.97 Å². The van der Waals surface area contributed by atoms with Gasteiger partial charge in [0.25, 0.3) is 5.91 Å². The zero-order valence-electron chi connectivity index (χ0n) is 17.0. The monoisotopic (exact) mass is 447 g/mol. The van der Waals surface area contributed by atoms with Crippen LogP contribution in [0.3, 0.4) is 0 Å². The first-order chi connectivity index (χ1) is 15.3. The molecular formula is C22H25NO9. The van der Waals surface area contributed by atoms with Gasteiger partial charge < -0.3 is 40.3 Å². The average molecular weight is 447 g/mol. The molecule has 3 rings (SSSR count). The molecule has 0 aliphatic carbocycles. The van der Waals surface area contributed by atoms with Gasteiger partial charge in [-0.15, -0.1) is 0 Å². The van der Waals surface area contributed by atoms with E-state index >= 15 is 0 Å². The smallest absolute Gasteiger partial charge is 0.305 e. The van der Waals surface area contributed by atoms with Crippen molar-refractivity contribution in [1.82, 2.24) is 5.32 Å². The Labute approximate surface area is 183 Å². The Morgan fingerprint density at radius 3 is 2.31 bits per heavy atom. The molecule has 0 aromatic heterocycles. The van der Waals surface area contributed by atoms with Crippen molar-refractivity contribution in [3.63, 3.8) is 0 Å². The summed E-state index contributed by atoms with van der Waals surface area (Å²) < 4.78 is 11.2. The fourth-order valence-electron chi connectivity index (χ4n) is 3.28. The number of carboxylic acid groups (broad SMARTS) is 1. The molecule has 0 bridgehead atoms. The fourth-order valence-corrected chi connectivity index (χ4v) is 3.28. The lowest BCUT2D eigenvalue weighted by Gasteiger charge is -2.39. The van der Waals surface area contributed by atoms with E-state index in [0.29, 0.717) is 22.4 Å². The third kappa shape index (κ3) is 5.42. The van der Waals surface area contributed by atoms with Gasteiger partial charge in [0.15, 0.2) is 0 Å². The van der Waals surface area contributed by atoms with Crippen LogP contribution >= 0.6 is 0 Å². The second-order valence-electron chi connectivity index (χ2n) is 7.29. The molecule has 1 heterocycles. The van der Waals surface area contributed by atoms with Crippen molar-refractivity contribution in [1.29, 1.82) is 0 Å². The molecule has 1 amide bonds. The first-order valence-electron chi connectivity index (χ1n) is 9.98. The number of ether oxygens (including phenoxy) is 2. The van der Waals surface area contributed by atoms with Crippen LogP contribution in [-0.4, -0.2) is 81.3 Å². The first-order valence-corrected chi connectivity index (χ1v) is 9.98. The van der Waals surface area contributed by atoms with Crippen LogP contribution in [0.25, 0.3) is 11.1 Å². The largest absolute Gasteiger partial charge is 0.481 e. The fraction of sp³-hybridized carbons (Fsp3) is 0.364. The van der Waals surface area contributed by atoms with Gasteiger partial charge in [0.1, 0.15) is 30.2 Å². The number of aliphatic carboxylic acids is 1. The Kier molecular flexibility index (Phi) is 7.78. The minimum absolute atomic E-state index is 0.0195. The van der Waals surface area contributed by atoms with Crippen LogP contribution in [-0.2, 0) is 9.53 Å².